The van der Waals surface area contributed by atoms with Crippen molar-refractivity contribution in [3.05, 3.63) is 48.5 Å². The summed E-state index contributed by atoms with van der Waals surface area (Å²) in [5.41, 5.74) is 2.89. The Bertz CT molecular complexity index is 858. The highest BCUT2D eigenvalue weighted by molar-refractivity contribution is 8.00. The summed E-state index contributed by atoms with van der Waals surface area (Å²) in [6, 6.07) is 15.8. The first-order valence-corrected chi connectivity index (χ1v) is 8.52. The van der Waals surface area contributed by atoms with Crippen LogP contribution in [0.1, 0.15) is 6.92 Å². The van der Waals surface area contributed by atoms with Crippen LogP contribution in [0.4, 0.5) is 0 Å². The summed E-state index contributed by atoms with van der Waals surface area (Å²) in [7, 11) is 3.29. The van der Waals surface area contributed by atoms with Crippen molar-refractivity contribution in [1.82, 2.24) is 14.9 Å². The number of imidazole rings is 1. The maximum Gasteiger partial charge on any atom is 0.233 e. The first kappa shape index (κ1) is 16.4. The summed E-state index contributed by atoms with van der Waals surface area (Å²) < 4.78 is 7.30. The van der Waals surface area contributed by atoms with E-state index in [-0.39, 0.29) is 11.2 Å². The Morgan fingerprint density at radius 3 is 2.58 bits per heavy atom. The van der Waals surface area contributed by atoms with Gasteiger partial charge in [0.1, 0.15) is 5.75 Å². The highest BCUT2D eigenvalue weighted by Gasteiger charge is 2.19. The summed E-state index contributed by atoms with van der Waals surface area (Å²) in [6.07, 6.45) is 0. The highest BCUT2D eigenvalue weighted by Crippen LogP contribution is 2.31. The van der Waals surface area contributed by atoms with Crippen molar-refractivity contribution < 1.29 is 9.53 Å². The number of hydrogen-bond donors (Lipinski definition) is 1. The molecule has 5 nitrogen and oxygen atoms in total. The summed E-state index contributed by atoms with van der Waals surface area (Å²) in [4.78, 5) is 16.6. The molecule has 24 heavy (non-hydrogen) atoms. The van der Waals surface area contributed by atoms with E-state index < -0.39 is 0 Å². The number of fused-ring (bicyclic) bond motifs is 1. The molecule has 0 spiro atoms. The number of carbonyl (C=O) groups excluding carboxylic acids is 1. The molecule has 1 atom stereocenters. The van der Waals surface area contributed by atoms with Crippen molar-refractivity contribution >= 4 is 28.7 Å². The molecule has 0 saturated carbocycles. The van der Waals surface area contributed by atoms with Gasteiger partial charge < -0.3 is 10.1 Å². The fraction of sp³-hybridized carbons (Fsp3) is 0.222. The fourth-order valence-corrected chi connectivity index (χ4v) is 3.48. The maximum absolute atomic E-state index is 11.9. The molecule has 0 aliphatic carbocycles. The molecular formula is C18H19N3O2S. The number of nitrogens with one attached hydrogen (secondary N) is 1. The van der Waals surface area contributed by atoms with E-state index in [4.69, 9.17) is 9.72 Å². The van der Waals surface area contributed by atoms with E-state index in [1.54, 1.807) is 14.2 Å². The van der Waals surface area contributed by atoms with Gasteiger partial charge in [-0.1, -0.05) is 23.9 Å². The number of hydrogen-bond acceptors (Lipinski definition) is 4. The van der Waals surface area contributed by atoms with Gasteiger partial charge in [0.25, 0.3) is 0 Å². The van der Waals surface area contributed by atoms with Crippen LogP contribution in [0.5, 0.6) is 5.75 Å². The van der Waals surface area contributed by atoms with Gasteiger partial charge in [0.2, 0.25) is 5.91 Å². The summed E-state index contributed by atoms with van der Waals surface area (Å²) >= 11 is 1.44. The van der Waals surface area contributed by atoms with Crippen molar-refractivity contribution in [3.63, 3.8) is 0 Å². The molecule has 2 aromatic carbocycles. The smallest absolute Gasteiger partial charge is 0.233 e. The molecule has 0 radical (unpaired) electrons. The van der Waals surface area contributed by atoms with Gasteiger partial charge in [0.15, 0.2) is 5.16 Å². The molecule has 3 aromatic rings. The minimum Gasteiger partial charge on any atom is -0.497 e. The lowest BCUT2D eigenvalue weighted by molar-refractivity contribution is -0.119. The number of methoxy groups -OCH3 is 1. The normalized spacial score (nSPS) is 12.1. The molecule has 0 bridgehead atoms. The summed E-state index contributed by atoms with van der Waals surface area (Å²) in [6.45, 7) is 1.88. The van der Waals surface area contributed by atoms with Crippen LogP contribution in [0.2, 0.25) is 0 Å². The van der Waals surface area contributed by atoms with Gasteiger partial charge in [-0.25, -0.2) is 4.98 Å². The van der Waals surface area contributed by atoms with Gasteiger partial charge in [-0.05, 0) is 43.3 Å². The average molecular weight is 341 g/mol. The molecular weight excluding hydrogens is 322 g/mol. The predicted molar refractivity (Wildman–Crippen MR) is 97.0 cm³/mol. The molecule has 0 fully saturated rings. The number of rotatable bonds is 5. The van der Waals surface area contributed by atoms with Gasteiger partial charge in [0.05, 0.1) is 23.4 Å². The fourth-order valence-electron chi connectivity index (χ4n) is 2.48. The lowest BCUT2D eigenvalue weighted by Crippen LogP contribution is -2.27. The van der Waals surface area contributed by atoms with Gasteiger partial charge in [-0.3, -0.25) is 9.36 Å². The van der Waals surface area contributed by atoms with E-state index in [1.165, 1.54) is 11.8 Å². The van der Waals surface area contributed by atoms with E-state index in [9.17, 15) is 4.79 Å². The van der Waals surface area contributed by atoms with Gasteiger partial charge in [-0.15, -0.1) is 0 Å². The predicted octanol–water partition coefficient (Wildman–Crippen LogP) is 3.26. The first-order chi connectivity index (χ1) is 11.6. The summed E-state index contributed by atoms with van der Waals surface area (Å²) in [5, 5.41) is 3.24. The molecule has 1 amide bonds. The third-order valence-corrected chi connectivity index (χ3v) is 4.81. The number of carbonyl (C=O) groups is 1. The lowest BCUT2D eigenvalue weighted by Gasteiger charge is -2.12. The molecule has 1 aromatic heterocycles. The van der Waals surface area contributed by atoms with Crippen LogP contribution in [0.25, 0.3) is 16.7 Å². The number of amides is 1. The Kier molecular flexibility index (Phi) is 4.76. The second-order valence-electron chi connectivity index (χ2n) is 5.29. The molecule has 0 aliphatic heterocycles. The average Bonchev–Trinajstić information content (AvgIpc) is 2.98. The van der Waals surface area contributed by atoms with Crippen LogP contribution in [0.3, 0.4) is 0 Å². The topological polar surface area (TPSA) is 56.2 Å². The van der Waals surface area contributed by atoms with E-state index in [0.29, 0.717) is 0 Å². The molecule has 1 unspecified atom stereocenters. The van der Waals surface area contributed by atoms with Gasteiger partial charge in [0, 0.05) is 12.7 Å². The van der Waals surface area contributed by atoms with Crippen LogP contribution >= 0.6 is 11.8 Å². The molecule has 0 saturated heterocycles. The largest absolute Gasteiger partial charge is 0.497 e. The molecule has 6 heteroatoms. The Morgan fingerprint density at radius 2 is 1.92 bits per heavy atom. The van der Waals surface area contributed by atoms with Crippen molar-refractivity contribution in [3.8, 4) is 11.4 Å². The van der Waals surface area contributed by atoms with Crippen molar-refractivity contribution in [2.45, 2.75) is 17.3 Å². The van der Waals surface area contributed by atoms with Gasteiger partial charge >= 0.3 is 0 Å². The van der Waals surface area contributed by atoms with Gasteiger partial charge in [-0.2, -0.15) is 0 Å². The third-order valence-electron chi connectivity index (χ3n) is 3.76. The second-order valence-corrected chi connectivity index (χ2v) is 6.60. The highest BCUT2D eigenvalue weighted by atomic mass is 32.2. The monoisotopic (exact) mass is 341 g/mol. The molecule has 3 rings (SSSR count). The third kappa shape index (κ3) is 3.10. The van der Waals surface area contributed by atoms with Crippen LogP contribution in [-0.2, 0) is 4.79 Å². The van der Waals surface area contributed by atoms with Crippen molar-refractivity contribution in [2.24, 2.45) is 0 Å². The number of nitrogens with zero attached hydrogens (tertiary/aromatic N) is 2. The zero-order valence-electron chi connectivity index (χ0n) is 13.8. The second kappa shape index (κ2) is 6.97. The minimum atomic E-state index is -0.233. The molecule has 1 heterocycles. The SMILES string of the molecule is CNC(=O)C(C)Sc1nc2ccccc2n1-c1ccc(OC)cc1. The summed E-state index contributed by atoms with van der Waals surface area (Å²) in [5.74, 6) is 0.782. The Morgan fingerprint density at radius 1 is 1.21 bits per heavy atom. The number of thioether (sulfide) groups is 1. The van der Waals surface area contributed by atoms with Crippen molar-refractivity contribution in [1.29, 1.82) is 0 Å². The van der Waals surface area contributed by atoms with E-state index >= 15 is 0 Å². The molecule has 124 valence electrons. The number of para-hydroxylation sites is 2. The zero-order chi connectivity index (χ0) is 17.1. The van der Waals surface area contributed by atoms with Crippen molar-refractivity contribution in [2.75, 3.05) is 14.2 Å². The molecule has 0 aliphatic rings. The quantitative estimate of drug-likeness (QED) is 0.724. The van der Waals surface area contributed by atoms with E-state index in [0.717, 1.165) is 27.6 Å². The number of benzene rings is 2. The van der Waals surface area contributed by atoms with E-state index in [1.807, 2.05) is 55.5 Å². The van der Waals surface area contributed by atoms with Crippen LogP contribution in [0.15, 0.2) is 53.7 Å². The first-order valence-electron chi connectivity index (χ1n) is 7.64. The Labute approximate surface area is 145 Å². The lowest BCUT2D eigenvalue weighted by atomic mass is 10.2. The molecule has 1 N–H and O–H groups in total. The van der Waals surface area contributed by atoms with Crippen LogP contribution in [0, 0.1) is 0 Å². The number of aromatic nitrogens is 2. The zero-order valence-corrected chi connectivity index (χ0v) is 14.6. The number of ether oxygens (including phenoxy) is 1. The van der Waals surface area contributed by atoms with Crippen LogP contribution in [-0.4, -0.2) is 34.9 Å². The standard InChI is InChI=1S/C18H19N3O2S/c1-12(17(22)19-2)24-18-20-15-6-4-5-7-16(15)21(18)13-8-10-14(23-3)11-9-13/h4-12H,1-3H3,(H,19,22). The van der Waals surface area contributed by atoms with E-state index in [2.05, 4.69) is 9.88 Å². The van der Waals surface area contributed by atoms with Crippen LogP contribution < -0.4 is 10.1 Å². The Hall–Kier alpha value is -2.47. The Balaban J connectivity index is 2.09. The maximum atomic E-state index is 11.9. The minimum absolute atomic E-state index is 0.0201.